The molecule has 51 valence electrons. The third-order valence-corrected chi connectivity index (χ3v) is 0.489. The number of carboxylic acid groups (broad SMARTS) is 1. The molecule has 0 rings (SSSR count). The average Bonchev–Trinajstić information content (AvgIpc) is 1.61. The molecule has 2 N–H and O–H groups in total. The summed E-state index contributed by atoms with van der Waals surface area (Å²) in [4.78, 5) is 19.7. The number of carboxylic acids is 1. The van der Waals surface area contributed by atoms with Crippen LogP contribution in [-0.2, 0) is 28.1 Å². The van der Waals surface area contributed by atoms with Crippen LogP contribution in [0.5, 0.6) is 0 Å². The minimum absolute atomic E-state index is 0. The van der Waals surface area contributed by atoms with Gasteiger partial charge in [-0.05, 0) is 0 Å². The third kappa shape index (κ3) is 11.2. The Kier molecular flexibility index (Phi) is 7.13. The van der Waals surface area contributed by atoms with Crippen LogP contribution in [0.1, 0.15) is 6.92 Å². The van der Waals surface area contributed by atoms with Gasteiger partial charge >= 0.3 is 5.97 Å². The Hall–Kier alpha value is -0.476. The van der Waals surface area contributed by atoms with Crippen molar-refractivity contribution >= 4 is 11.9 Å². The summed E-state index contributed by atoms with van der Waals surface area (Å²) in [6.07, 6.45) is 0. The fourth-order valence-electron chi connectivity index (χ4n) is 0.200. The third-order valence-electron chi connectivity index (χ3n) is 0.489. The topological polar surface area (TPSA) is 66.4 Å². The molecule has 0 aromatic rings. The van der Waals surface area contributed by atoms with Gasteiger partial charge in [-0.25, -0.2) is 0 Å². The van der Waals surface area contributed by atoms with Crippen LogP contribution >= 0.6 is 0 Å². The number of amides is 1. The number of rotatable bonds is 2. The summed E-state index contributed by atoms with van der Waals surface area (Å²) in [6.45, 7) is 0.971. The summed E-state index contributed by atoms with van der Waals surface area (Å²) in [5.74, 6) is -1.35. The Morgan fingerprint density at radius 2 is 2.00 bits per heavy atom. The largest absolute Gasteiger partial charge is 0.480 e. The second kappa shape index (κ2) is 5.66. The van der Waals surface area contributed by atoms with Crippen molar-refractivity contribution in [3.8, 4) is 0 Å². The van der Waals surface area contributed by atoms with E-state index in [9.17, 15) is 9.59 Å². The van der Waals surface area contributed by atoms with Crippen LogP contribution in [-0.4, -0.2) is 23.5 Å². The molecule has 0 saturated carbocycles. The summed E-state index contributed by atoms with van der Waals surface area (Å²) in [5, 5.41) is 10.1. The molecule has 0 spiro atoms. The normalized spacial score (nSPS) is 7.22. The van der Waals surface area contributed by atoms with Crippen LogP contribution in [0.15, 0.2) is 0 Å². The standard InChI is InChI=1S/C4H7NO3.V/c1-3(6)5-2-4(7)8;/h2H2,1H3,(H,5,6)(H,7,8);. The Morgan fingerprint density at radius 3 is 2.11 bits per heavy atom. The molecular weight excluding hydrogens is 161 g/mol. The fraction of sp³-hybridized carbons (Fsp3) is 0.500. The second-order valence-corrected chi connectivity index (χ2v) is 1.30. The van der Waals surface area contributed by atoms with Crippen LogP contribution in [0.4, 0.5) is 0 Å². The van der Waals surface area contributed by atoms with Crippen molar-refractivity contribution in [2.24, 2.45) is 0 Å². The predicted octanol–water partition coefficient (Wildman–Crippen LogP) is -0.795. The summed E-state index contributed by atoms with van der Waals surface area (Å²) < 4.78 is 0. The summed E-state index contributed by atoms with van der Waals surface area (Å²) in [7, 11) is 0. The maximum atomic E-state index is 9.97. The molecule has 0 atom stereocenters. The molecule has 1 radical (unpaired) electrons. The van der Waals surface area contributed by atoms with Gasteiger partial charge in [0.2, 0.25) is 5.91 Å². The Bertz CT molecular complexity index is 100. The maximum absolute atomic E-state index is 9.97. The summed E-state index contributed by atoms with van der Waals surface area (Å²) in [5.41, 5.74) is 0. The Morgan fingerprint density at radius 1 is 1.56 bits per heavy atom. The van der Waals surface area contributed by atoms with Crippen molar-refractivity contribution in [3.05, 3.63) is 0 Å². The van der Waals surface area contributed by atoms with E-state index in [0.717, 1.165) is 0 Å². The minimum Gasteiger partial charge on any atom is -0.480 e. The van der Waals surface area contributed by atoms with Gasteiger partial charge in [-0.15, -0.1) is 0 Å². The van der Waals surface area contributed by atoms with Crippen molar-refractivity contribution in [1.29, 1.82) is 0 Å². The van der Waals surface area contributed by atoms with Crippen molar-refractivity contribution in [2.45, 2.75) is 6.92 Å². The van der Waals surface area contributed by atoms with E-state index < -0.39 is 5.97 Å². The van der Waals surface area contributed by atoms with E-state index in [1.165, 1.54) is 6.92 Å². The van der Waals surface area contributed by atoms with Gasteiger partial charge < -0.3 is 10.4 Å². The van der Waals surface area contributed by atoms with Crippen LogP contribution < -0.4 is 5.32 Å². The van der Waals surface area contributed by atoms with Gasteiger partial charge in [0.05, 0.1) is 0 Å². The van der Waals surface area contributed by atoms with Gasteiger partial charge in [-0.2, -0.15) is 0 Å². The first-order valence-electron chi connectivity index (χ1n) is 2.09. The van der Waals surface area contributed by atoms with E-state index in [1.54, 1.807) is 0 Å². The van der Waals surface area contributed by atoms with Gasteiger partial charge in [0.25, 0.3) is 0 Å². The molecule has 5 heteroatoms. The van der Waals surface area contributed by atoms with E-state index in [0.29, 0.717) is 0 Å². The van der Waals surface area contributed by atoms with E-state index in [-0.39, 0.29) is 31.0 Å². The minimum atomic E-state index is -1.03. The SMILES string of the molecule is CC(=O)NCC(=O)O.[V]. The zero-order valence-corrected chi connectivity index (χ0v) is 6.31. The van der Waals surface area contributed by atoms with Gasteiger partial charge in [0.15, 0.2) is 0 Å². The average molecular weight is 168 g/mol. The molecule has 0 aliphatic heterocycles. The van der Waals surface area contributed by atoms with Gasteiger partial charge in [0.1, 0.15) is 6.54 Å². The first-order valence-corrected chi connectivity index (χ1v) is 2.09. The zero-order chi connectivity index (χ0) is 6.57. The van der Waals surface area contributed by atoms with Crippen LogP contribution in [0.2, 0.25) is 0 Å². The quantitative estimate of drug-likeness (QED) is 0.567. The smallest absolute Gasteiger partial charge is 0.322 e. The summed E-state index contributed by atoms with van der Waals surface area (Å²) >= 11 is 0. The monoisotopic (exact) mass is 168 g/mol. The molecule has 0 aliphatic carbocycles. The number of nitrogens with one attached hydrogen (secondary N) is 1. The zero-order valence-electron chi connectivity index (χ0n) is 4.92. The first kappa shape index (κ1) is 11.3. The second-order valence-electron chi connectivity index (χ2n) is 1.30. The van der Waals surface area contributed by atoms with E-state index in [1.807, 2.05) is 0 Å². The molecular formula is C4H7NO3V. The molecule has 0 heterocycles. The van der Waals surface area contributed by atoms with Gasteiger partial charge in [0, 0.05) is 25.5 Å². The predicted molar refractivity (Wildman–Crippen MR) is 26.3 cm³/mol. The van der Waals surface area contributed by atoms with Crippen LogP contribution in [0.3, 0.4) is 0 Å². The van der Waals surface area contributed by atoms with Gasteiger partial charge in [-0.1, -0.05) is 0 Å². The first-order chi connectivity index (χ1) is 3.63. The maximum Gasteiger partial charge on any atom is 0.322 e. The van der Waals surface area contributed by atoms with Crippen molar-refractivity contribution in [3.63, 3.8) is 0 Å². The van der Waals surface area contributed by atoms with Crippen molar-refractivity contribution in [2.75, 3.05) is 6.54 Å². The van der Waals surface area contributed by atoms with Gasteiger partial charge in [-0.3, -0.25) is 9.59 Å². The van der Waals surface area contributed by atoms with Crippen molar-refractivity contribution in [1.82, 2.24) is 5.32 Å². The molecule has 0 unspecified atom stereocenters. The molecule has 0 saturated heterocycles. The molecule has 9 heavy (non-hydrogen) atoms. The Balaban J connectivity index is 0. The van der Waals surface area contributed by atoms with E-state index in [4.69, 9.17) is 5.11 Å². The van der Waals surface area contributed by atoms with Crippen LogP contribution in [0, 0.1) is 0 Å². The molecule has 1 amide bonds. The van der Waals surface area contributed by atoms with Crippen molar-refractivity contribution < 1.29 is 33.3 Å². The molecule has 0 aliphatic rings. The summed E-state index contributed by atoms with van der Waals surface area (Å²) in [6, 6.07) is 0. The Labute approximate surface area is 64.5 Å². The number of carbonyl (C=O) groups is 2. The molecule has 0 fully saturated rings. The molecule has 0 aromatic carbocycles. The number of hydrogen-bond donors (Lipinski definition) is 2. The number of carbonyl (C=O) groups excluding carboxylic acids is 1. The van der Waals surface area contributed by atoms with E-state index in [2.05, 4.69) is 5.32 Å². The molecule has 0 bridgehead atoms. The van der Waals surface area contributed by atoms with Crippen LogP contribution in [0.25, 0.3) is 0 Å². The molecule has 0 aromatic heterocycles. The fourth-order valence-corrected chi connectivity index (χ4v) is 0.200. The number of aliphatic carboxylic acids is 1. The number of hydrogen-bond acceptors (Lipinski definition) is 2. The molecule has 4 nitrogen and oxygen atoms in total. The van der Waals surface area contributed by atoms with E-state index >= 15 is 0 Å².